The third-order valence-electron chi connectivity index (χ3n) is 5.10. The Kier molecular flexibility index (Phi) is 6.09. The van der Waals surface area contributed by atoms with Gasteiger partial charge >= 0.3 is 0 Å². The van der Waals surface area contributed by atoms with Crippen LogP contribution in [0.1, 0.15) is 16.8 Å². The maximum Gasteiger partial charge on any atom is 0.259 e. The highest BCUT2D eigenvalue weighted by Gasteiger charge is 2.38. The monoisotopic (exact) mass is 449 g/mol. The normalized spacial score (nSPS) is 14.9. The summed E-state index contributed by atoms with van der Waals surface area (Å²) in [7, 11) is 1.54. The maximum atomic E-state index is 13.5. The summed E-state index contributed by atoms with van der Waals surface area (Å²) in [4.78, 5) is 40.5. The number of methoxy groups -OCH3 is 1. The van der Waals surface area contributed by atoms with E-state index in [0.717, 1.165) is 0 Å². The molecular weight excluding hydrogens is 430 g/mol. The number of carbonyl (C=O) groups is 3. The molecule has 0 spiro atoms. The predicted octanol–water partition coefficient (Wildman–Crippen LogP) is 4.34. The van der Waals surface area contributed by atoms with Crippen LogP contribution in [0.15, 0.2) is 72.8 Å². The van der Waals surface area contributed by atoms with E-state index in [1.54, 1.807) is 72.8 Å². The molecular formula is C24H20ClN3O4. The SMILES string of the molecule is COc1ccc(C(=O)N2c3ccccc3NC(=O)[C@H]2CC(=O)Nc2ccc(Cl)cc2)cc1. The van der Waals surface area contributed by atoms with Crippen LogP contribution in [-0.2, 0) is 9.59 Å². The summed E-state index contributed by atoms with van der Waals surface area (Å²) in [6, 6.07) is 19.2. The predicted molar refractivity (Wildman–Crippen MR) is 123 cm³/mol. The summed E-state index contributed by atoms with van der Waals surface area (Å²) in [6.07, 6.45) is -0.218. The fourth-order valence-electron chi connectivity index (χ4n) is 3.52. The Bertz CT molecular complexity index is 1160. The largest absolute Gasteiger partial charge is 0.497 e. The third kappa shape index (κ3) is 4.43. The van der Waals surface area contributed by atoms with Gasteiger partial charge in [0.2, 0.25) is 11.8 Å². The van der Waals surface area contributed by atoms with E-state index in [0.29, 0.717) is 33.4 Å². The Morgan fingerprint density at radius 3 is 2.41 bits per heavy atom. The van der Waals surface area contributed by atoms with Crippen molar-refractivity contribution in [3.63, 3.8) is 0 Å². The first-order valence-electron chi connectivity index (χ1n) is 9.89. The molecule has 3 amide bonds. The number of benzene rings is 3. The average Bonchev–Trinajstić information content (AvgIpc) is 2.80. The summed E-state index contributed by atoms with van der Waals surface area (Å²) in [5.41, 5.74) is 1.95. The Hall–Kier alpha value is -3.84. The van der Waals surface area contributed by atoms with Crippen molar-refractivity contribution in [1.29, 1.82) is 0 Å². The van der Waals surface area contributed by atoms with Crippen LogP contribution in [0, 0.1) is 0 Å². The van der Waals surface area contributed by atoms with Gasteiger partial charge < -0.3 is 15.4 Å². The maximum absolute atomic E-state index is 13.5. The lowest BCUT2D eigenvalue weighted by atomic mass is 10.0. The van der Waals surface area contributed by atoms with Crippen molar-refractivity contribution in [2.45, 2.75) is 12.5 Å². The molecule has 162 valence electrons. The van der Waals surface area contributed by atoms with Crippen molar-refractivity contribution >= 4 is 46.4 Å². The van der Waals surface area contributed by atoms with Crippen LogP contribution in [0.5, 0.6) is 5.75 Å². The Balaban J connectivity index is 1.64. The van der Waals surface area contributed by atoms with Crippen LogP contribution < -0.4 is 20.3 Å². The van der Waals surface area contributed by atoms with E-state index < -0.39 is 17.9 Å². The minimum atomic E-state index is -1.02. The van der Waals surface area contributed by atoms with Crippen molar-refractivity contribution in [2.75, 3.05) is 22.6 Å². The lowest BCUT2D eigenvalue weighted by Gasteiger charge is -2.36. The minimum absolute atomic E-state index is 0.218. The molecule has 0 aromatic heterocycles. The number of rotatable bonds is 5. The van der Waals surface area contributed by atoms with Gasteiger partial charge in [0.05, 0.1) is 24.9 Å². The zero-order valence-electron chi connectivity index (χ0n) is 17.2. The van der Waals surface area contributed by atoms with Gasteiger partial charge in [-0.05, 0) is 60.7 Å². The first-order chi connectivity index (χ1) is 15.5. The highest BCUT2D eigenvalue weighted by atomic mass is 35.5. The number of nitrogens with one attached hydrogen (secondary N) is 2. The summed E-state index contributed by atoms with van der Waals surface area (Å²) < 4.78 is 5.16. The number of hydrogen-bond donors (Lipinski definition) is 2. The second-order valence-corrected chi connectivity index (χ2v) is 7.62. The number of anilines is 3. The van der Waals surface area contributed by atoms with Crippen molar-refractivity contribution in [2.24, 2.45) is 0 Å². The quantitative estimate of drug-likeness (QED) is 0.606. The molecule has 0 saturated heterocycles. The number of hydrogen-bond acceptors (Lipinski definition) is 4. The molecule has 0 aliphatic carbocycles. The molecule has 2 N–H and O–H groups in total. The standard InChI is InChI=1S/C24H20ClN3O4/c1-32-18-12-6-15(7-13-18)24(31)28-20-5-3-2-4-19(20)27-23(30)21(28)14-22(29)26-17-10-8-16(25)9-11-17/h2-13,21H,14H2,1H3,(H,26,29)(H,27,30)/t21-/m1/s1. The summed E-state index contributed by atoms with van der Waals surface area (Å²) >= 11 is 5.88. The Morgan fingerprint density at radius 2 is 1.72 bits per heavy atom. The van der Waals surface area contributed by atoms with Gasteiger partial charge in [0.15, 0.2) is 0 Å². The van der Waals surface area contributed by atoms with E-state index in [2.05, 4.69) is 10.6 Å². The van der Waals surface area contributed by atoms with E-state index in [4.69, 9.17) is 16.3 Å². The molecule has 8 heteroatoms. The molecule has 7 nitrogen and oxygen atoms in total. The van der Waals surface area contributed by atoms with E-state index in [-0.39, 0.29) is 12.3 Å². The van der Waals surface area contributed by atoms with Gasteiger partial charge in [-0.15, -0.1) is 0 Å². The van der Waals surface area contributed by atoms with Gasteiger partial charge in [-0.1, -0.05) is 23.7 Å². The van der Waals surface area contributed by atoms with Gasteiger partial charge in [-0.25, -0.2) is 0 Å². The van der Waals surface area contributed by atoms with Crippen LogP contribution >= 0.6 is 11.6 Å². The first kappa shape index (κ1) is 21.4. The first-order valence-corrected chi connectivity index (χ1v) is 10.3. The fourth-order valence-corrected chi connectivity index (χ4v) is 3.65. The number of ether oxygens (including phenoxy) is 1. The van der Waals surface area contributed by atoms with Crippen molar-refractivity contribution in [3.05, 3.63) is 83.4 Å². The fraction of sp³-hybridized carbons (Fsp3) is 0.125. The van der Waals surface area contributed by atoms with Crippen molar-refractivity contribution < 1.29 is 19.1 Å². The summed E-state index contributed by atoms with van der Waals surface area (Å²) in [5.74, 6) is -0.618. The molecule has 0 saturated carbocycles. The molecule has 3 aromatic carbocycles. The molecule has 0 unspecified atom stereocenters. The third-order valence-corrected chi connectivity index (χ3v) is 5.35. The number of nitrogens with zero attached hydrogens (tertiary/aromatic N) is 1. The summed E-state index contributed by atoms with van der Waals surface area (Å²) in [5, 5.41) is 6.08. The van der Waals surface area contributed by atoms with Crippen LogP contribution in [-0.4, -0.2) is 30.9 Å². The zero-order valence-corrected chi connectivity index (χ0v) is 17.9. The molecule has 0 bridgehead atoms. The van der Waals surface area contributed by atoms with Crippen molar-refractivity contribution in [1.82, 2.24) is 0 Å². The van der Waals surface area contributed by atoms with E-state index in [9.17, 15) is 14.4 Å². The smallest absolute Gasteiger partial charge is 0.259 e. The minimum Gasteiger partial charge on any atom is -0.497 e. The van der Waals surface area contributed by atoms with Crippen LogP contribution in [0.2, 0.25) is 5.02 Å². The topological polar surface area (TPSA) is 87.7 Å². The molecule has 3 aromatic rings. The molecule has 1 aliphatic heterocycles. The average molecular weight is 450 g/mol. The number of fused-ring (bicyclic) bond motifs is 1. The molecule has 32 heavy (non-hydrogen) atoms. The van der Waals surface area contributed by atoms with Crippen LogP contribution in [0.4, 0.5) is 17.1 Å². The van der Waals surface area contributed by atoms with Crippen molar-refractivity contribution in [3.8, 4) is 5.75 Å². The lowest BCUT2D eigenvalue weighted by Crippen LogP contribution is -2.52. The number of carbonyl (C=O) groups excluding carboxylic acids is 3. The highest BCUT2D eigenvalue weighted by Crippen LogP contribution is 2.34. The van der Waals surface area contributed by atoms with Crippen LogP contribution in [0.25, 0.3) is 0 Å². The van der Waals surface area contributed by atoms with Gasteiger partial charge in [0, 0.05) is 16.3 Å². The number of para-hydroxylation sites is 2. The zero-order chi connectivity index (χ0) is 22.7. The Labute approximate surface area is 189 Å². The van der Waals surface area contributed by atoms with Crippen LogP contribution in [0.3, 0.4) is 0 Å². The lowest BCUT2D eigenvalue weighted by molar-refractivity contribution is -0.122. The number of halogens is 1. The molecule has 1 heterocycles. The van der Waals surface area contributed by atoms with Gasteiger partial charge in [0.25, 0.3) is 5.91 Å². The molecule has 1 aliphatic rings. The number of amides is 3. The highest BCUT2D eigenvalue weighted by molar-refractivity contribution is 6.30. The van der Waals surface area contributed by atoms with Gasteiger partial charge in [-0.3, -0.25) is 19.3 Å². The van der Waals surface area contributed by atoms with E-state index >= 15 is 0 Å². The van der Waals surface area contributed by atoms with E-state index in [1.165, 1.54) is 12.0 Å². The van der Waals surface area contributed by atoms with E-state index in [1.807, 2.05) is 0 Å². The second-order valence-electron chi connectivity index (χ2n) is 7.19. The second kappa shape index (κ2) is 9.11. The molecule has 0 radical (unpaired) electrons. The van der Waals surface area contributed by atoms with Gasteiger partial charge in [0.1, 0.15) is 11.8 Å². The molecule has 1 atom stereocenters. The summed E-state index contributed by atoms with van der Waals surface area (Å²) in [6.45, 7) is 0. The van der Waals surface area contributed by atoms with Gasteiger partial charge in [-0.2, -0.15) is 0 Å². The molecule has 4 rings (SSSR count). The molecule has 0 fully saturated rings. The Morgan fingerprint density at radius 1 is 1.03 bits per heavy atom.